The van der Waals surface area contributed by atoms with Crippen LogP contribution in [0.2, 0.25) is 0 Å². The van der Waals surface area contributed by atoms with Crippen molar-refractivity contribution in [3.63, 3.8) is 0 Å². The van der Waals surface area contributed by atoms with Crippen LogP contribution in [-0.2, 0) is 16.1 Å². The second kappa shape index (κ2) is 5.08. The van der Waals surface area contributed by atoms with Crippen LogP contribution >= 0.6 is 27.3 Å². The van der Waals surface area contributed by atoms with Crippen LogP contribution in [0.3, 0.4) is 0 Å². The van der Waals surface area contributed by atoms with E-state index < -0.39 is 5.60 Å². The number of likely N-dealkylation sites (N-methyl/N-ethyl adjacent to an activating group) is 1. The fourth-order valence-electron chi connectivity index (χ4n) is 2.13. The molecule has 0 saturated carbocycles. The molecule has 1 fully saturated rings. The van der Waals surface area contributed by atoms with Gasteiger partial charge in [-0.15, -0.1) is 11.3 Å². The Labute approximate surface area is 114 Å². The van der Waals surface area contributed by atoms with E-state index >= 15 is 0 Å². The highest BCUT2D eigenvalue weighted by molar-refractivity contribution is 9.11. The summed E-state index contributed by atoms with van der Waals surface area (Å²) in [6.07, 6.45) is 1.80. The lowest BCUT2D eigenvalue weighted by atomic mass is 10.0. The number of thiophene rings is 1. The van der Waals surface area contributed by atoms with Crippen molar-refractivity contribution in [3.05, 3.63) is 20.8 Å². The predicted octanol–water partition coefficient (Wildman–Crippen LogP) is 3.04. The zero-order valence-electron chi connectivity index (χ0n) is 10.0. The molecule has 0 bridgehead atoms. The van der Waals surface area contributed by atoms with Gasteiger partial charge < -0.3 is 9.64 Å². The molecule has 2 rings (SSSR count). The Kier molecular flexibility index (Phi) is 3.90. The molecule has 1 aliphatic heterocycles. The Morgan fingerprint density at radius 2 is 2.47 bits per heavy atom. The molecule has 0 aliphatic carbocycles. The van der Waals surface area contributed by atoms with Gasteiger partial charge >= 0.3 is 0 Å². The Balaban J connectivity index is 2.00. The zero-order valence-corrected chi connectivity index (χ0v) is 12.4. The molecule has 17 heavy (non-hydrogen) atoms. The number of ether oxygens (including phenoxy) is 1. The Morgan fingerprint density at radius 1 is 1.71 bits per heavy atom. The lowest BCUT2D eigenvalue weighted by Crippen LogP contribution is -2.44. The third kappa shape index (κ3) is 2.89. The molecule has 3 nitrogen and oxygen atoms in total. The van der Waals surface area contributed by atoms with Crippen LogP contribution in [0.25, 0.3) is 0 Å². The van der Waals surface area contributed by atoms with Crippen LogP contribution in [0.15, 0.2) is 15.2 Å². The molecule has 1 aliphatic rings. The second-order valence-electron chi connectivity index (χ2n) is 4.60. The SMILES string of the molecule is CN(Cc1csc(Br)c1)C(=O)C1(C)CCCO1. The van der Waals surface area contributed by atoms with Gasteiger partial charge in [-0.05, 0) is 52.7 Å². The fraction of sp³-hybridized carbons (Fsp3) is 0.583. The van der Waals surface area contributed by atoms with E-state index in [2.05, 4.69) is 21.3 Å². The van der Waals surface area contributed by atoms with E-state index in [0.29, 0.717) is 13.2 Å². The highest BCUT2D eigenvalue weighted by Gasteiger charge is 2.39. The van der Waals surface area contributed by atoms with Gasteiger partial charge in [0.1, 0.15) is 5.60 Å². The molecule has 2 heterocycles. The summed E-state index contributed by atoms with van der Waals surface area (Å²) < 4.78 is 6.66. The predicted molar refractivity (Wildman–Crippen MR) is 72.1 cm³/mol. The van der Waals surface area contributed by atoms with Gasteiger partial charge in [0, 0.05) is 20.2 Å². The molecule has 1 unspecified atom stereocenters. The average molecular weight is 318 g/mol. The standard InChI is InChI=1S/C12H16BrNO2S/c1-12(4-3-5-16-12)11(15)14(2)7-9-6-10(13)17-8-9/h6,8H,3-5,7H2,1-2H3. The molecular weight excluding hydrogens is 302 g/mol. The summed E-state index contributed by atoms with van der Waals surface area (Å²) in [5, 5.41) is 2.06. The summed E-state index contributed by atoms with van der Waals surface area (Å²) in [4.78, 5) is 14.0. The van der Waals surface area contributed by atoms with Crippen molar-refractivity contribution < 1.29 is 9.53 Å². The van der Waals surface area contributed by atoms with Crippen molar-refractivity contribution in [1.82, 2.24) is 4.90 Å². The van der Waals surface area contributed by atoms with Gasteiger partial charge in [-0.2, -0.15) is 0 Å². The van der Waals surface area contributed by atoms with Crippen molar-refractivity contribution in [2.75, 3.05) is 13.7 Å². The number of amides is 1. The third-order valence-electron chi connectivity index (χ3n) is 3.06. The van der Waals surface area contributed by atoms with E-state index in [1.54, 1.807) is 16.2 Å². The zero-order chi connectivity index (χ0) is 12.5. The molecule has 0 N–H and O–H groups in total. The summed E-state index contributed by atoms with van der Waals surface area (Å²) in [6, 6.07) is 2.05. The molecule has 94 valence electrons. The monoisotopic (exact) mass is 317 g/mol. The largest absolute Gasteiger partial charge is 0.365 e. The van der Waals surface area contributed by atoms with Crippen molar-refractivity contribution in [2.45, 2.75) is 31.9 Å². The van der Waals surface area contributed by atoms with Crippen molar-refractivity contribution >= 4 is 33.2 Å². The maximum atomic E-state index is 12.3. The summed E-state index contributed by atoms with van der Waals surface area (Å²) in [6.45, 7) is 3.22. The summed E-state index contributed by atoms with van der Waals surface area (Å²) >= 11 is 5.06. The van der Waals surface area contributed by atoms with Gasteiger partial charge in [-0.1, -0.05) is 0 Å². The highest BCUT2D eigenvalue weighted by Crippen LogP contribution is 2.28. The van der Waals surface area contributed by atoms with Gasteiger partial charge in [0.05, 0.1) is 3.79 Å². The van der Waals surface area contributed by atoms with E-state index in [0.717, 1.165) is 22.2 Å². The number of carbonyl (C=O) groups is 1. The molecule has 1 atom stereocenters. The molecule has 0 aromatic carbocycles. The maximum absolute atomic E-state index is 12.3. The van der Waals surface area contributed by atoms with Crippen molar-refractivity contribution in [2.24, 2.45) is 0 Å². The third-order valence-corrected chi connectivity index (χ3v) is 4.61. The summed E-state index contributed by atoms with van der Waals surface area (Å²) in [7, 11) is 1.83. The molecule has 0 spiro atoms. The van der Waals surface area contributed by atoms with Crippen molar-refractivity contribution in [1.29, 1.82) is 0 Å². The van der Waals surface area contributed by atoms with Gasteiger partial charge in [0.15, 0.2) is 0 Å². The van der Waals surface area contributed by atoms with Crippen molar-refractivity contribution in [3.8, 4) is 0 Å². The minimum Gasteiger partial charge on any atom is -0.365 e. The van der Waals surface area contributed by atoms with Crippen LogP contribution in [0.1, 0.15) is 25.3 Å². The minimum atomic E-state index is -0.609. The second-order valence-corrected chi connectivity index (χ2v) is 6.89. The van der Waals surface area contributed by atoms with E-state index in [9.17, 15) is 4.79 Å². The highest BCUT2D eigenvalue weighted by atomic mass is 79.9. The van der Waals surface area contributed by atoms with Crippen LogP contribution in [0.5, 0.6) is 0 Å². The first-order valence-corrected chi connectivity index (χ1v) is 7.31. The van der Waals surface area contributed by atoms with E-state index in [1.807, 2.05) is 20.0 Å². The van der Waals surface area contributed by atoms with Gasteiger partial charge in [-0.3, -0.25) is 4.79 Å². The normalized spacial score (nSPS) is 23.9. The summed E-state index contributed by atoms with van der Waals surface area (Å²) in [5.41, 5.74) is 0.543. The Hall–Kier alpha value is -0.390. The average Bonchev–Trinajstić information content (AvgIpc) is 2.88. The first kappa shape index (κ1) is 13.1. The molecule has 5 heteroatoms. The molecule has 1 aromatic heterocycles. The Morgan fingerprint density at radius 3 is 3.00 bits per heavy atom. The maximum Gasteiger partial charge on any atom is 0.254 e. The van der Waals surface area contributed by atoms with E-state index in [4.69, 9.17) is 4.74 Å². The first-order chi connectivity index (χ1) is 8.01. The van der Waals surface area contributed by atoms with Crippen LogP contribution < -0.4 is 0 Å². The topological polar surface area (TPSA) is 29.5 Å². The molecular formula is C12H16BrNO2S. The lowest BCUT2D eigenvalue weighted by molar-refractivity contribution is -0.150. The molecule has 1 amide bonds. The van der Waals surface area contributed by atoms with Crippen LogP contribution in [0.4, 0.5) is 0 Å². The number of nitrogens with zero attached hydrogens (tertiary/aromatic N) is 1. The minimum absolute atomic E-state index is 0.0809. The summed E-state index contributed by atoms with van der Waals surface area (Å²) in [5.74, 6) is 0.0809. The Bertz CT molecular complexity index is 412. The quantitative estimate of drug-likeness (QED) is 0.857. The number of hydrogen-bond donors (Lipinski definition) is 0. The van der Waals surface area contributed by atoms with Gasteiger partial charge in [0.25, 0.3) is 5.91 Å². The number of carbonyl (C=O) groups excluding carboxylic acids is 1. The first-order valence-electron chi connectivity index (χ1n) is 5.64. The van der Waals surface area contributed by atoms with Gasteiger partial charge in [-0.25, -0.2) is 0 Å². The number of halogens is 1. The van der Waals surface area contributed by atoms with Gasteiger partial charge in [0.2, 0.25) is 0 Å². The number of rotatable bonds is 3. The van der Waals surface area contributed by atoms with Crippen LogP contribution in [-0.4, -0.2) is 30.1 Å². The molecule has 1 saturated heterocycles. The molecule has 1 aromatic rings. The molecule has 0 radical (unpaired) electrons. The fourth-order valence-corrected chi connectivity index (χ4v) is 3.33. The van der Waals surface area contributed by atoms with E-state index in [1.165, 1.54) is 0 Å². The van der Waals surface area contributed by atoms with Crippen LogP contribution in [0, 0.1) is 0 Å². The van der Waals surface area contributed by atoms with E-state index in [-0.39, 0.29) is 5.91 Å². The number of hydrogen-bond acceptors (Lipinski definition) is 3. The lowest BCUT2D eigenvalue weighted by Gasteiger charge is -2.28. The smallest absolute Gasteiger partial charge is 0.254 e.